The second kappa shape index (κ2) is 6.58. The van der Waals surface area contributed by atoms with Crippen molar-refractivity contribution >= 4 is 34.6 Å². The normalized spacial score (nSPS) is 16.2. The zero-order chi connectivity index (χ0) is 12.0. The van der Waals surface area contributed by atoms with Crippen LogP contribution in [0.1, 0.15) is 12.8 Å². The minimum absolute atomic E-state index is 0.141. The molecule has 0 unspecified atom stereocenters. The lowest BCUT2D eigenvalue weighted by molar-refractivity contribution is -0.131. The Hall–Kier alpha value is -0.970. The van der Waals surface area contributed by atoms with E-state index in [0.29, 0.717) is 19.0 Å². The highest BCUT2D eigenvalue weighted by atomic mass is 127. The van der Waals surface area contributed by atoms with E-state index in [1.165, 1.54) is 0 Å². The number of carbonyl (C=O) groups is 2. The van der Waals surface area contributed by atoms with Crippen molar-refractivity contribution in [1.82, 2.24) is 10.2 Å². The second-order valence-electron chi connectivity index (χ2n) is 3.55. The van der Waals surface area contributed by atoms with Gasteiger partial charge in [-0.25, -0.2) is 4.79 Å². The van der Waals surface area contributed by atoms with Gasteiger partial charge in [-0.15, -0.1) is 0 Å². The summed E-state index contributed by atoms with van der Waals surface area (Å²) in [7, 11) is 0. The van der Waals surface area contributed by atoms with Gasteiger partial charge in [0.15, 0.2) is 0 Å². The summed E-state index contributed by atoms with van der Waals surface area (Å²) in [5.41, 5.74) is 0. The maximum absolute atomic E-state index is 11.5. The van der Waals surface area contributed by atoms with Crippen LogP contribution in [0.4, 0.5) is 4.79 Å². The molecule has 1 heterocycles. The molecule has 1 saturated heterocycles. The first-order valence-corrected chi connectivity index (χ1v) is 6.07. The van der Waals surface area contributed by atoms with Crippen LogP contribution in [0.3, 0.4) is 0 Å². The molecule has 16 heavy (non-hydrogen) atoms. The van der Waals surface area contributed by atoms with Crippen molar-refractivity contribution in [1.29, 1.82) is 0 Å². The fourth-order valence-corrected chi connectivity index (χ4v) is 2.05. The molecule has 0 aromatic carbocycles. The number of halogens is 1. The van der Waals surface area contributed by atoms with Crippen LogP contribution >= 0.6 is 22.6 Å². The number of hydrogen-bond donors (Lipinski definition) is 2. The van der Waals surface area contributed by atoms with Crippen LogP contribution in [0.15, 0.2) is 0 Å². The molecule has 5 nitrogen and oxygen atoms in total. The molecule has 0 atom stereocenters. The first-order chi connectivity index (χ1) is 7.63. The number of hydrogen-bond acceptors (Lipinski definition) is 2. The van der Waals surface area contributed by atoms with Gasteiger partial charge in [0, 0.05) is 41.6 Å². The molecule has 0 aromatic heterocycles. The number of amides is 2. The fourth-order valence-electron chi connectivity index (χ4n) is 1.61. The highest BCUT2D eigenvalue weighted by molar-refractivity contribution is 14.1. The standard InChI is InChI=1S/C10H13IN2O3/c11-4-1-8-2-5-13(6-3-8)9(14)7-12-10(15)16/h8,12H,2-3,5-7H2,(H,15,16). The Bertz CT molecular complexity index is 327. The lowest BCUT2D eigenvalue weighted by atomic mass is 9.98. The number of piperidine rings is 1. The summed E-state index contributed by atoms with van der Waals surface area (Å²) in [6, 6.07) is 0. The van der Waals surface area contributed by atoms with Gasteiger partial charge in [0.1, 0.15) is 6.54 Å². The molecular weight excluding hydrogens is 323 g/mol. The molecule has 1 rings (SSSR count). The van der Waals surface area contributed by atoms with Crippen molar-refractivity contribution in [2.75, 3.05) is 19.6 Å². The molecule has 0 bridgehead atoms. The van der Waals surface area contributed by atoms with E-state index in [-0.39, 0.29) is 12.5 Å². The van der Waals surface area contributed by atoms with Crippen LogP contribution in [0.25, 0.3) is 0 Å². The zero-order valence-corrected chi connectivity index (χ0v) is 10.9. The maximum atomic E-state index is 11.5. The highest BCUT2D eigenvalue weighted by Crippen LogP contribution is 2.16. The van der Waals surface area contributed by atoms with Gasteiger partial charge < -0.3 is 15.3 Å². The molecule has 0 spiro atoms. The Morgan fingerprint density at radius 1 is 1.44 bits per heavy atom. The van der Waals surface area contributed by atoms with Gasteiger partial charge in [-0.05, 0) is 16.8 Å². The van der Waals surface area contributed by atoms with E-state index in [2.05, 4.69) is 15.2 Å². The lowest BCUT2D eigenvalue weighted by Gasteiger charge is -2.29. The van der Waals surface area contributed by atoms with Gasteiger partial charge in [-0.3, -0.25) is 4.79 Å². The average molecular weight is 336 g/mol. The van der Waals surface area contributed by atoms with Crippen LogP contribution in [-0.2, 0) is 4.79 Å². The van der Waals surface area contributed by atoms with Crippen LogP contribution in [0, 0.1) is 15.8 Å². The van der Waals surface area contributed by atoms with Crippen molar-refractivity contribution < 1.29 is 14.7 Å². The Labute approximate surface area is 108 Å². The van der Waals surface area contributed by atoms with E-state index in [0.717, 1.165) is 12.8 Å². The highest BCUT2D eigenvalue weighted by Gasteiger charge is 2.21. The largest absolute Gasteiger partial charge is 0.465 e. The van der Waals surface area contributed by atoms with Crippen LogP contribution in [0.2, 0.25) is 0 Å². The maximum Gasteiger partial charge on any atom is 0.405 e. The van der Waals surface area contributed by atoms with Gasteiger partial charge in [0.2, 0.25) is 5.91 Å². The third-order valence-electron chi connectivity index (χ3n) is 2.50. The van der Waals surface area contributed by atoms with Gasteiger partial charge in [0.25, 0.3) is 0 Å². The minimum Gasteiger partial charge on any atom is -0.465 e. The molecule has 0 radical (unpaired) electrons. The van der Waals surface area contributed by atoms with E-state index >= 15 is 0 Å². The van der Waals surface area contributed by atoms with E-state index in [4.69, 9.17) is 5.11 Å². The predicted molar refractivity (Wildman–Crippen MR) is 67.1 cm³/mol. The smallest absolute Gasteiger partial charge is 0.405 e. The molecule has 0 saturated carbocycles. The summed E-state index contributed by atoms with van der Waals surface area (Å²) in [4.78, 5) is 23.4. The third-order valence-corrected chi connectivity index (χ3v) is 2.81. The number of carboxylic acid groups (broad SMARTS) is 1. The topological polar surface area (TPSA) is 69.6 Å². The Kier molecular flexibility index (Phi) is 5.38. The monoisotopic (exact) mass is 336 g/mol. The summed E-state index contributed by atoms with van der Waals surface area (Å²) >= 11 is 2.01. The van der Waals surface area contributed by atoms with Crippen molar-refractivity contribution in [3.8, 4) is 9.85 Å². The number of rotatable bonds is 2. The van der Waals surface area contributed by atoms with E-state index in [1.54, 1.807) is 4.90 Å². The van der Waals surface area contributed by atoms with E-state index in [1.807, 2.05) is 22.6 Å². The Morgan fingerprint density at radius 3 is 2.56 bits per heavy atom. The summed E-state index contributed by atoms with van der Waals surface area (Å²) < 4.78 is 2.85. The Morgan fingerprint density at radius 2 is 2.06 bits per heavy atom. The van der Waals surface area contributed by atoms with Gasteiger partial charge in [-0.1, -0.05) is 5.92 Å². The second-order valence-corrected chi connectivity index (χ2v) is 4.09. The van der Waals surface area contributed by atoms with Crippen molar-refractivity contribution in [2.45, 2.75) is 12.8 Å². The quantitative estimate of drug-likeness (QED) is 0.581. The van der Waals surface area contributed by atoms with Crippen molar-refractivity contribution in [3.05, 3.63) is 0 Å². The summed E-state index contributed by atoms with van der Waals surface area (Å²) in [5, 5.41) is 10.4. The molecule has 0 aliphatic carbocycles. The Balaban J connectivity index is 2.32. The molecule has 2 amide bonds. The molecule has 1 aliphatic rings. The van der Waals surface area contributed by atoms with Crippen LogP contribution in [0.5, 0.6) is 0 Å². The number of likely N-dealkylation sites (tertiary alicyclic amines) is 1. The molecule has 6 heteroatoms. The zero-order valence-electron chi connectivity index (χ0n) is 8.70. The first-order valence-electron chi connectivity index (χ1n) is 4.99. The predicted octanol–water partition coefficient (Wildman–Crippen LogP) is 0.889. The van der Waals surface area contributed by atoms with Gasteiger partial charge in [-0.2, -0.15) is 0 Å². The molecule has 1 aliphatic heterocycles. The molecule has 2 N–H and O–H groups in total. The van der Waals surface area contributed by atoms with Gasteiger partial charge >= 0.3 is 6.09 Å². The van der Waals surface area contributed by atoms with Crippen LogP contribution in [-0.4, -0.2) is 41.6 Å². The number of nitrogens with zero attached hydrogens (tertiary/aromatic N) is 1. The number of nitrogens with one attached hydrogen (secondary N) is 1. The minimum atomic E-state index is -1.17. The lowest BCUT2D eigenvalue weighted by Crippen LogP contribution is -2.43. The summed E-state index contributed by atoms with van der Waals surface area (Å²) in [6.45, 7) is 1.18. The summed E-state index contributed by atoms with van der Waals surface area (Å²) in [6.07, 6.45) is 0.572. The molecule has 1 fully saturated rings. The SMILES string of the molecule is O=C(O)NCC(=O)N1CCC(C#CI)CC1. The molecule has 0 aromatic rings. The summed E-state index contributed by atoms with van der Waals surface area (Å²) in [5.74, 6) is 3.29. The third kappa shape index (κ3) is 4.26. The number of carbonyl (C=O) groups excluding carboxylic acids is 1. The van der Waals surface area contributed by atoms with Crippen molar-refractivity contribution in [2.24, 2.45) is 5.92 Å². The average Bonchev–Trinajstić information content (AvgIpc) is 2.27. The first kappa shape index (κ1) is 13.1. The van der Waals surface area contributed by atoms with E-state index in [9.17, 15) is 9.59 Å². The molecular formula is C10H13IN2O3. The van der Waals surface area contributed by atoms with E-state index < -0.39 is 6.09 Å². The van der Waals surface area contributed by atoms with Gasteiger partial charge in [0.05, 0.1) is 0 Å². The van der Waals surface area contributed by atoms with Crippen molar-refractivity contribution in [3.63, 3.8) is 0 Å². The molecule has 88 valence electrons. The van der Waals surface area contributed by atoms with Crippen LogP contribution < -0.4 is 5.32 Å². The fraction of sp³-hybridized carbons (Fsp3) is 0.600.